The highest BCUT2D eigenvalue weighted by molar-refractivity contribution is 6.33. The number of nitrogens with one attached hydrogen (secondary N) is 1. The molecular weight excluding hydrogens is 376 g/mol. The fourth-order valence-corrected chi connectivity index (χ4v) is 3.17. The Morgan fingerprint density at radius 1 is 1.14 bits per heavy atom. The third-order valence-electron chi connectivity index (χ3n) is 4.33. The summed E-state index contributed by atoms with van der Waals surface area (Å²) in [5.41, 5.74) is 3.21. The SMILES string of the molecule is Cc1onc(-c2ccccc2Cl)c1C(=O)Nc1ccc(Cn2cccn2)cc1. The van der Waals surface area contributed by atoms with E-state index in [1.165, 1.54) is 0 Å². The second kappa shape index (κ2) is 7.70. The molecular formula is C21H17ClN4O2. The van der Waals surface area contributed by atoms with Crippen LogP contribution in [0.2, 0.25) is 5.02 Å². The maximum absolute atomic E-state index is 12.9. The Balaban J connectivity index is 1.54. The van der Waals surface area contributed by atoms with Crippen LogP contribution in [0.15, 0.2) is 71.5 Å². The first-order chi connectivity index (χ1) is 13.6. The lowest BCUT2D eigenvalue weighted by Gasteiger charge is -2.08. The monoisotopic (exact) mass is 392 g/mol. The summed E-state index contributed by atoms with van der Waals surface area (Å²) in [6.45, 7) is 2.37. The molecule has 0 aliphatic carbocycles. The molecule has 0 aliphatic heterocycles. The van der Waals surface area contributed by atoms with Crippen LogP contribution in [0.5, 0.6) is 0 Å². The molecule has 6 nitrogen and oxygen atoms in total. The summed E-state index contributed by atoms with van der Waals surface area (Å²) in [6.07, 6.45) is 3.65. The number of benzene rings is 2. The minimum Gasteiger partial charge on any atom is -0.360 e. The third-order valence-corrected chi connectivity index (χ3v) is 4.66. The van der Waals surface area contributed by atoms with Crippen molar-refractivity contribution in [3.05, 3.63) is 88.9 Å². The number of nitrogens with zero attached hydrogens (tertiary/aromatic N) is 3. The molecule has 1 N–H and O–H groups in total. The van der Waals surface area contributed by atoms with Crippen molar-refractivity contribution in [2.24, 2.45) is 0 Å². The maximum atomic E-state index is 12.9. The molecule has 0 radical (unpaired) electrons. The fraction of sp³-hybridized carbons (Fsp3) is 0.0952. The predicted octanol–water partition coefficient (Wildman–Crippen LogP) is 4.80. The van der Waals surface area contributed by atoms with E-state index in [-0.39, 0.29) is 5.91 Å². The van der Waals surface area contributed by atoms with Crippen molar-refractivity contribution in [1.82, 2.24) is 14.9 Å². The second-order valence-corrected chi connectivity index (χ2v) is 6.70. The molecule has 0 unspecified atom stereocenters. The standard InChI is InChI=1S/C21H17ClN4O2/c1-14-19(20(25-28-14)17-5-2-3-6-18(17)22)21(27)24-16-9-7-15(8-10-16)13-26-12-4-11-23-26/h2-12H,13H2,1H3,(H,24,27). The Hall–Kier alpha value is -3.38. The van der Waals surface area contributed by atoms with Gasteiger partial charge in [-0.3, -0.25) is 9.48 Å². The molecule has 2 aromatic heterocycles. The van der Waals surface area contributed by atoms with Crippen molar-refractivity contribution < 1.29 is 9.32 Å². The van der Waals surface area contributed by atoms with Crippen LogP contribution in [0, 0.1) is 6.92 Å². The number of carbonyl (C=O) groups excluding carboxylic acids is 1. The predicted molar refractivity (Wildman–Crippen MR) is 107 cm³/mol. The Morgan fingerprint density at radius 3 is 2.64 bits per heavy atom. The van der Waals surface area contributed by atoms with Crippen molar-refractivity contribution in [3.63, 3.8) is 0 Å². The van der Waals surface area contributed by atoms with E-state index in [0.29, 0.717) is 39.8 Å². The van der Waals surface area contributed by atoms with Gasteiger partial charge in [-0.25, -0.2) is 0 Å². The first kappa shape index (κ1) is 18.0. The largest absolute Gasteiger partial charge is 0.360 e. The van der Waals surface area contributed by atoms with Gasteiger partial charge in [-0.05, 0) is 36.8 Å². The molecule has 0 atom stereocenters. The van der Waals surface area contributed by atoms with Crippen molar-refractivity contribution in [2.75, 3.05) is 5.32 Å². The zero-order chi connectivity index (χ0) is 19.5. The molecule has 0 bridgehead atoms. The number of hydrogen-bond acceptors (Lipinski definition) is 4. The van der Waals surface area contributed by atoms with Gasteiger partial charge in [-0.2, -0.15) is 5.10 Å². The van der Waals surface area contributed by atoms with Crippen molar-refractivity contribution in [2.45, 2.75) is 13.5 Å². The summed E-state index contributed by atoms with van der Waals surface area (Å²) >= 11 is 6.26. The zero-order valence-corrected chi connectivity index (χ0v) is 15.8. The lowest BCUT2D eigenvalue weighted by Crippen LogP contribution is -2.13. The van der Waals surface area contributed by atoms with E-state index in [0.717, 1.165) is 5.56 Å². The van der Waals surface area contributed by atoms with Gasteiger partial charge in [-0.1, -0.05) is 47.1 Å². The van der Waals surface area contributed by atoms with Crippen LogP contribution in [0.3, 0.4) is 0 Å². The molecule has 2 aromatic carbocycles. The van der Waals surface area contributed by atoms with E-state index in [1.807, 2.05) is 53.3 Å². The van der Waals surface area contributed by atoms with Gasteiger partial charge in [0.25, 0.3) is 5.91 Å². The summed E-state index contributed by atoms with van der Waals surface area (Å²) in [5, 5.41) is 11.6. The van der Waals surface area contributed by atoms with Crippen LogP contribution >= 0.6 is 11.6 Å². The molecule has 0 spiro atoms. The number of rotatable bonds is 5. The van der Waals surface area contributed by atoms with Gasteiger partial charge < -0.3 is 9.84 Å². The van der Waals surface area contributed by atoms with Crippen LogP contribution in [0.25, 0.3) is 11.3 Å². The normalized spacial score (nSPS) is 10.8. The van der Waals surface area contributed by atoms with Crippen LogP contribution in [-0.4, -0.2) is 20.8 Å². The van der Waals surface area contributed by atoms with Crippen LogP contribution in [0.4, 0.5) is 5.69 Å². The van der Waals surface area contributed by atoms with E-state index in [2.05, 4.69) is 15.6 Å². The summed E-state index contributed by atoms with van der Waals surface area (Å²) in [4.78, 5) is 12.9. The van der Waals surface area contributed by atoms with Gasteiger partial charge in [-0.15, -0.1) is 0 Å². The Bertz CT molecular complexity index is 1100. The molecule has 0 aliphatic rings. The number of hydrogen-bond donors (Lipinski definition) is 1. The molecule has 0 fully saturated rings. The smallest absolute Gasteiger partial charge is 0.261 e. The maximum Gasteiger partial charge on any atom is 0.261 e. The Labute approximate surface area is 166 Å². The highest BCUT2D eigenvalue weighted by Gasteiger charge is 2.23. The van der Waals surface area contributed by atoms with Gasteiger partial charge in [0.05, 0.1) is 11.6 Å². The summed E-state index contributed by atoms with van der Waals surface area (Å²) in [7, 11) is 0. The number of carbonyl (C=O) groups is 1. The van der Waals surface area contributed by atoms with Gasteiger partial charge in [0, 0.05) is 23.6 Å². The van der Waals surface area contributed by atoms with E-state index in [9.17, 15) is 4.79 Å². The molecule has 0 saturated heterocycles. The van der Waals surface area contributed by atoms with Crippen molar-refractivity contribution >= 4 is 23.2 Å². The lowest BCUT2D eigenvalue weighted by molar-refractivity contribution is 0.102. The number of aromatic nitrogens is 3. The molecule has 4 rings (SSSR count). The molecule has 28 heavy (non-hydrogen) atoms. The van der Waals surface area contributed by atoms with Crippen LogP contribution in [0.1, 0.15) is 21.7 Å². The number of aryl methyl sites for hydroxylation is 1. The topological polar surface area (TPSA) is 73.0 Å². The average Bonchev–Trinajstić information content (AvgIpc) is 3.33. The average molecular weight is 393 g/mol. The number of halogens is 1. The fourth-order valence-electron chi connectivity index (χ4n) is 2.94. The number of amides is 1. The molecule has 0 saturated carbocycles. The summed E-state index contributed by atoms with van der Waals surface area (Å²) in [5.74, 6) is 0.135. The first-order valence-corrected chi connectivity index (χ1v) is 9.08. The van der Waals surface area contributed by atoms with E-state index >= 15 is 0 Å². The molecule has 140 valence electrons. The van der Waals surface area contributed by atoms with E-state index in [4.69, 9.17) is 16.1 Å². The number of anilines is 1. The van der Waals surface area contributed by atoms with Crippen molar-refractivity contribution in [3.8, 4) is 11.3 Å². The van der Waals surface area contributed by atoms with Gasteiger partial charge in [0.15, 0.2) is 0 Å². The van der Waals surface area contributed by atoms with E-state index < -0.39 is 0 Å². The minimum absolute atomic E-state index is 0.298. The third kappa shape index (κ3) is 3.68. The minimum atomic E-state index is -0.298. The molecule has 4 aromatic rings. The molecule has 1 amide bonds. The Kier molecular flexibility index (Phi) is 4.95. The van der Waals surface area contributed by atoms with Gasteiger partial charge in [0.2, 0.25) is 0 Å². The quantitative estimate of drug-likeness (QED) is 0.529. The van der Waals surface area contributed by atoms with Crippen LogP contribution in [-0.2, 0) is 6.54 Å². The van der Waals surface area contributed by atoms with Crippen molar-refractivity contribution in [1.29, 1.82) is 0 Å². The first-order valence-electron chi connectivity index (χ1n) is 8.70. The second-order valence-electron chi connectivity index (χ2n) is 6.30. The van der Waals surface area contributed by atoms with Crippen LogP contribution < -0.4 is 5.32 Å². The van der Waals surface area contributed by atoms with E-state index in [1.54, 1.807) is 25.3 Å². The summed E-state index contributed by atoms with van der Waals surface area (Å²) < 4.78 is 7.10. The Morgan fingerprint density at radius 2 is 1.93 bits per heavy atom. The highest BCUT2D eigenvalue weighted by atomic mass is 35.5. The summed E-state index contributed by atoms with van der Waals surface area (Å²) in [6, 6.07) is 16.7. The zero-order valence-electron chi connectivity index (χ0n) is 15.1. The van der Waals surface area contributed by atoms with Gasteiger partial charge >= 0.3 is 0 Å². The van der Waals surface area contributed by atoms with Gasteiger partial charge in [0.1, 0.15) is 17.0 Å². The molecule has 7 heteroatoms. The highest BCUT2D eigenvalue weighted by Crippen LogP contribution is 2.31. The molecule has 2 heterocycles. The lowest BCUT2D eigenvalue weighted by atomic mass is 10.1.